The van der Waals surface area contributed by atoms with E-state index in [1.165, 1.54) is 6.08 Å². The van der Waals surface area contributed by atoms with Gasteiger partial charge in [0.05, 0.1) is 24.3 Å². The minimum atomic E-state index is -0.537. The van der Waals surface area contributed by atoms with E-state index in [2.05, 4.69) is 16.9 Å². The van der Waals surface area contributed by atoms with Gasteiger partial charge in [0.2, 0.25) is 5.91 Å². The van der Waals surface area contributed by atoms with Crippen molar-refractivity contribution < 1.29 is 19.1 Å². The van der Waals surface area contributed by atoms with Crippen LogP contribution in [-0.4, -0.2) is 53.9 Å². The molecule has 192 valence electrons. The van der Waals surface area contributed by atoms with Crippen molar-refractivity contribution in [2.75, 3.05) is 31.6 Å². The molecular weight excluding hydrogens is 480 g/mol. The average molecular weight is 509 g/mol. The Morgan fingerprint density at radius 2 is 1.76 bits per heavy atom. The van der Waals surface area contributed by atoms with E-state index in [-0.39, 0.29) is 11.8 Å². The van der Waals surface area contributed by atoms with Crippen LogP contribution >= 0.6 is 0 Å². The molecule has 1 aliphatic rings. The van der Waals surface area contributed by atoms with Crippen LogP contribution in [0.1, 0.15) is 26.3 Å². The molecule has 0 radical (unpaired) electrons. The number of fused-ring (bicyclic) bond motifs is 1. The highest BCUT2D eigenvalue weighted by Gasteiger charge is 2.20. The second-order valence-corrected chi connectivity index (χ2v) is 9.15. The highest BCUT2D eigenvalue weighted by Crippen LogP contribution is 2.37. The molecule has 0 spiro atoms. The molecule has 1 saturated heterocycles. The zero-order valence-electron chi connectivity index (χ0n) is 21.0. The Bertz CT molecular complexity index is 1560. The Morgan fingerprint density at radius 1 is 1.03 bits per heavy atom. The minimum Gasteiger partial charge on any atom is -0.378 e. The Morgan fingerprint density at radius 3 is 2.45 bits per heavy atom. The number of nitrogens with zero attached hydrogens (tertiary/aromatic N) is 1. The van der Waals surface area contributed by atoms with E-state index >= 15 is 0 Å². The number of hydrogen-bond acceptors (Lipinski definition) is 4. The van der Waals surface area contributed by atoms with E-state index in [4.69, 9.17) is 10.5 Å². The summed E-state index contributed by atoms with van der Waals surface area (Å²) < 4.78 is 5.34. The molecule has 8 nitrogen and oxygen atoms in total. The van der Waals surface area contributed by atoms with Gasteiger partial charge in [-0.05, 0) is 65.6 Å². The van der Waals surface area contributed by atoms with Gasteiger partial charge in [-0.3, -0.25) is 14.4 Å². The molecule has 0 atom stereocenters. The van der Waals surface area contributed by atoms with Crippen LogP contribution < -0.4 is 11.1 Å². The topological polar surface area (TPSA) is 118 Å². The molecular formula is C30H28N4O4. The molecule has 5 rings (SSSR count). The van der Waals surface area contributed by atoms with Crippen LogP contribution in [0, 0.1) is 6.92 Å². The van der Waals surface area contributed by atoms with E-state index in [9.17, 15) is 14.4 Å². The second kappa shape index (κ2) is 10.4. The molecule has 8 heteroatoms. The molecule has 4 N–H and O–H groups in total. The number of primary amides is 1. The predicted molar refractivity (Wildman–Crippen MR) is 148 cm³/mol. The molecule has 1 fully saturated rings. The third-order valence-corrected chi connectivity index (χ3v) is 6.87. The summed E-state index contributed by atoms with van der Waals surface area (Å²) in [6.45, 7) is 7.71. The molecule has 0 unspecified atom stereocenters. The number of carbonyl (C=O) groups excluding carboxylic acids is 3. The van der Waals surface area contributed by atoms with Gasteiger partial charge < -0.3 is 25.7 Å². The molecule has 2 heterocycles. The van der Waals surface area contributed by atoms with Crippen molar-refractivity contribution in [2.24, 2.45) is 5.73 Å². The van der Waals surface area contributed by atoms with Gasteiger partial charge in [0, 0.05) is 35.4 Å². The molecule has 3 aromatic carbocycles. The van der Waals surface area contributed by atoms with Gasteiger partial charge in [-0.25, -0.2) is 0 Å². The van der Waals surface area contributed by atoms with Gasteiger partial charge in [-0.2, -0.15) is 0 Å². The lowest BCUT2D eigenvalue weighted by Crippen LogP contribution is -2.40. The largest absolute Gasteiger partial charge is 0.378 e. The van der Waals surface area contributed by atoms with Crippen LogP contribution in [0.4, 0.5) is 5.69 Å². The lowest BCUT2D eigenvalue weighted by atomic mass is 9.94. The molecule has 1 aliphatic heterocycles. The summed E-state index contributed by atoms with van der Waals surface area (Å²) in [5.74, 6) is -0.849. The Hall–Kier alpha value is -4.69. The van der Waals surface area contributed by atoms with Crippen LogP contribution in [-0.2, 0) is 9.53 Å². The first-order chi connectivity index (χ1) is 18.4. The summed E-state index contributed by atoms with van der Waals surface area (Å²) in [7, 11) is 0. The lowest BCUT2D eigenvalue weighted by Gasteiger charge is -2.26. The van der Waals surface area contributed by atoms with Gasteiger partial charge in [-0.15, -0.1) is 0 Å². The number of rotatable bonds is 6. The number of aromatic amines is 1. The van der Waals surface area contributed by atoms with E-state index in [1.54, 1.807) is 11.0 Å². The van der Waals surface area contributed by atoms with Crippen LogP contribution in [0.25, 0.3) is 33.3 Å². The van der Waals surface area contributed by atoms with Crippen LogP contribution in [0.2, 0.25) is 0 Å². The maximum Gasteiger partial charge on any atom is 0.254 e. The van der Waals surface area contributed by atoms with Gasteiger partial charge in [0.1, 0.15) is 0 Å². The molecule has 4 aromatic rings. The molecule has 1 aromatic heterocycles. The third-order valence-electron chi connectivity index (χ3n) is 6.87. The van der Waals surface area contributed by atoms with Gasteiger partial charge >= 0.3 is 0 Å². The van der Waals surface area contributed by atoms with Crippen LogP contribution in [0.15, 0.2) is 73.3 Å². The standard InChI is InChI=1S/C30H28N4O4/c1-3-27(35)32-25-6-4-5-21(18(25)2)22-11-12-23(29(31)36)28-24(22)17-26(33-28)19-7-9-20(10-8-19)30(37)34-13-15-38-16-14-34/h3-12,17,33H,1,13-16H2,2H3,(H2,31,36)(H,32,35). The minimum absolute atomic E-state index is 0.0197. The molecule has 38 heavy (non-hydrogen) atoms. The van der Waals surface area contributed by atoms with Crippen molar-refractivity contribution in [3.63, 3.8) is 0 Å². The fourth-order valence-electron chi connectivity index (χ4n) is 4.80. The zero-order chi connectivity index (χ0) is 26.8. The van der Waals surface area contributed by atoms with Gasteiger partial charge in [0.25, 0.3) is 11.8 Å². The molecule has 3 amide bonds. The SMILES string of the molecule is C=CC(=O)Nc1cccc(-c2ccc(C(N)=O)c3[nH]c(-c4ccc(C(=O)N5CCOCC5)cc4)cc23)c1C. The summed E-state index contributed by atoms with van der Waals surface area (Å²) in [6.07, 6.45) is 1.23. The number of anilines is 1. The van der Waals surface area contributed by atoms with Crippen molar-refractivity contribution in [2.45, 2.75) is 6.92 Å². The zero-order valence-corrected chi connectivity index (χ0v) is 21.0. The fraction of sp³-hybridized carbons (Fsp3) is 0.167. The van der Waals surface area contributed by atoms with Crippen molar-refractivity contribution in [3.05, 3.63) is 90.0 Å². The number of hydrogen-bond donors (Lipinski definition) is 3. The summed E-state index contributed by atoms with van der Waals surface area (Å²) >= 11 is 0. The number of nitrogens with two attached hydrogens (primary N) is 1. The Labute approximate surface area is 220 Å². The highest BCUT2D eigenvalue weighted by atomic mass is 16.5. The first-order valence-electron chi connectivity index (χ1n) is 12.3. The first-order valence-corrected chi connectivity index (χ1v) is 12.3. The molecule has 0 aliphatic carbocycles. The third kappa shape index (κ3) is 4.69. The van der Waals surface area contributed by atoms with Crippen LogP contribution in [0.5, 0.6) is 0 Å². The Balaban J connectivity index is 1.56. The van der Waals surface area contributed by atoms with Crippen molar-refractivity contribution >= 4 is 34.3 Å². The number of morpholine rings is 1. The molecule has 0 bridgehead atoms. The monoisotopic (exact) mass is 508 g/mol. The summed E-state index contributed by atoms with van der Waals surface area (Å²) in [4.78, 5) is 42.2. The van der Waals surface area contributed by atoms with E-state index < -0.39 is 5.91 Å². The van der Waals surface area contributed by atoms with E-state index in [0.717, 1.165) is 33.3 Å². The summed E-state index contributed by atoms with van der Waals surface area (Å²) in [5.41, 5.74) is 12.3. The van der Waals surface area contributed by atoms with E-state index in [1.807, 2.05) is 61.5 Å². The normalized spacial score (nSPS) is 13.3. The van der Waals surface area contributed by atoms with Crippen LogP contribution in [0.3, 0.4) is 0 Å². The van der Waals surface area contributed by atoms with Gasteiger partial charge in [-0.1, -0.05) is 36.9 Å². The quantitative estimate of drug-likeness (QED) is 0.332. The number of aromatic nitrogens is 1. The number of benzene rings is 3. The average Bonchev–Trinajstić information content (AvgIpc) is 3.39. The number of H-pyrrole nitrogens is 1. The number of carbonyl (C=O) groups is 3. The van der Waals surface area contributed by atoms with Crippen molar-refractivity contribution in [3.8, 4) is 22.4 Å². The fourth-order valence-corrected chi connectivity index (χ4v) is 4.80. The smallest absolute Gasteiger partial charge is 0.254 e. The lowest BCUT2D eigenvalue weighted by molar-refractivity contribution is -0.111. The summed E-state index contributed by atoms with van der Waals surface area (Å²) in [6, 6.07) is 18.6. The van der Waals surface area contributed by atoms with Crippen molar-refractivity contribution in [1.82, 2.24) is 9.88 Å². The van der Waals surface area contributed by atoms with E-state index in [0.29, 0.717) is 48.6 Å². The maximum absolute atomic E-state index is 12.8. The maximum atomic E-state index is 12.8. The second-order valence-electron chi connectivity index (χ2n) is 9.15. The van der Waals surface area contributed by atoms with Crippen molar-refractivity contribution in [1.29, 1.82) is 0 Å². The van der Waals surface area contributed by atoms with Gasteiger partial charge in [0.15, 0.2) is 0 Å². The molecule has 0 saturated carbocycles. The predicted octanol–water partition coefficient (Wildman–Crippen LogP) is 4.51. The number of amides is 3. The number of ether oxygens (including phenoxy) is 1. The Kier molecular flexibility index (Phi) is 6.81. The summed E-state index contributed by atoms with van der Waals surface area (Å²) in [5, 5.41) is 3.66. The highest BCUT2D eigenvalue weighted by molar-refractivity contribution is 6.11. The first kappa shape index (κ1) is 25.0. The number of nitrogens with one attached hydrogen (secondary N) is 2.